The standard InChI is InChI=1S/C33H47ClN4O3S/c1-22-29-17-26(33(29,2)3)18-30(22)36-32(39)31-12-13-42(40,41)38(31)20-25-10-6-9-24(14-25)19-35-28(21-37(4)5)16-23-8-7-11-27(34)15-23/h6-11,14-15,22,26,28-31,35H,12-13,16-21H2,1-5H3,(H,36,39)/t22-,26+,28-,29-,30-,31?/m0/s1. The molecule has 1 unspecified atom stereocenters. The van der Waals surface area contributed by atoms with Gasteiger partial charge >= 0.3 is 0 Å². The van der Waals surface area contributed by atoms with Crippen LogP contribution in [0.3, 0.4) is 0 Å². The van der Waals surface area contributed by atoms with Gasteiger partial charge in [-0.25, -0.2) is 8.42 Å². The summed E-state index contributed by atoms with van der Waals surface area (Å²) in [4.78, 5) is 15.7. The van der Waals surface area contributed by atoms with Gasteiger partial charge in [0, 0.05) is 36.7 Å². The molecule has 6 rings (SSSR count). The van der Waals surface area contributed by atoms with Crippen molar-refractivity contribution in [3.05, 3.63) is 70.2 Å². The molecule has 230 valence electrons. The van der Waals surface area contributed by atoms with E-state index >= 15 is 0 Å². The molecule has 2 aromatic rings. The summed E-state index contributed by atoms with van der Waals surface area (Å²) in [6, 6.07) is 15.7. The van der Waals surface area contributed by atoms with Gasteiger partial charge in [-0.05, 0) is 91.8 Å². The molecule has 1 saturated heterocycles. The van der Waals surface area contributed by atoms with E-state index in [1.54, 1.807) is 0 Å². The number of halogens is 1. The van der Waals surface area contributed by atoms with Crippen LogP contribution in [0.4, 0.5) is 0 Å². The number of benzene rings is 2. The summed E-state index contributed by atoms with van der Waals surface area (Å²) in [5.41, 5.74) is 3.50. The van der Waals surface area contributed by atoms with Crippen molar-refractivity contribution in [3.63, 3.8) is 0 Å². The van der Waals surface area contributed by atoms with Crippen molar-refractivity contribution in [2.75, 3.05) is 26.4 Å². The van der Waals surface area contributed by atoms with Gasteiger partial charge in [-0.1, -0.05) is 68.8 Å². The number of nitrogens with zero attached hydrogens (tertiary/aromatic N) is 2. The minimum Gasteiger partial charge on any atom is -0.352 e. The van der Waals surface area contributed by atoms with Crippen LogP contribution in [0.2, 0.25) is 5.02 Å². The number of nitrogens with one attached hydrogen (secondary N) is 2. The second-order valence-corrected chi connectivity index (χ2v) is 16.2. The highest BCUT2D eigenvalue weighted by Crippen LogP contribution is 2.61. The van der Waals surface area contributed by atoms with E-state index in [2.05, 4.69) is 68.6 Å². The van der Waals surface area contributed by atoms with Crippen molar-refractivity contribution in [1.29, 1.82) is 0 Å². The summed E-state index contributed by atoms with van der Waals surface area (Å²) in [5.74, 6) is 1.52. The monoisotopic (exact) mass is 614 g/mol. The predicted octanol–water partition coefficient (Wildman–Crippen LogP) is 4.69. The molecule has 2 aromatic carbocycles. The van der Waals surface area contributed by atoms with E-state index in [1.165, 1.54) is 16.3 Å². The minimum atomic E-state index is -3.50. The van der Waals surface area contributed by atoms with Crippen molar-refractivity contribution < 1.29 is 13.2 Å². The fourth-order valence-corrected chi connectivity index (χ4v) is 9.58. The molecule has 7 nitrogen and oxygen atoms in total. The molecule has 1 amide bonds. The third-order valence-corrected chi connectivity index (χ3v) is 12.3. The largest absolute Gasteiger partial charge is 0.352 e. The Labute approximate surface area is 257 Å². The SMILES string of the molecule is C[C@@H]1[C@@H](NC(=O)C2CCS(=O)(=O)N2Cc2cccc(CN[C@@H](Cc3cccc(Cl)c3)CN(C)C)c2)C[C@H]2C[C@@H]1C2(C)C. The van der Waals surface area contributed by atoms with Crippen LogP contribution in [0.1, 0.15) is 56.7 Å². The van der Waals surface area contributed by atoms with E-state index in [4.69, 9.17) is 11.6 Å². The molecule has 9 heteroatoms. The fourth-order valence-electron chi connectivity index (χ4n) is 7.68. The van der Waals surface area contributed by atoms with Gasteiger partial charge in [-0.3, -0.25) is 4.79 Å². The number of carbonyl (C=O) groups excluding carboxylic acids is 1. The number of amides is 1. The Bertz CT molecular complexity index is 1380. The zero-order valence-corrected chi connectivity index (χ0v) is 27.2. The summed E-state index contributed by atoms with van der Waals surface area (Å²) < 4.78 is 27.6. The Morgan fingerprint density at radius 2 is 1.81 bits per heavy atom. The number of hydrogen-bond donors (Lipinski definition) is 2. The molecule has 4 aliphatic rings. The number of sulfonamides is 1. The van der Waals surface area contributed by atoms with E-state index in [1.807, 2.05) is 30.3 Å². The first-order valence-electron chi connectivity index (χ1n) is 15.3. The Hall–Kier alpha value is -1.97. The molecule has 3 saturated carbocycles. The Morgan fingerprint density at radius 3 is 2.50 bits per heavy atom. The number of carbonyl (C=O) groups is 1. The molecule has 0 radical (unpaired) electrons. The topological polar surface area (TPSA) is 81.8 Å². The normalized spacial score (nSPS) is 28.8. The zero-order valence-electron chi connectivity index (χ0n) is 25.6. The number of rotatable bonds is 11. The lowest BCUT2D eigenvalue weighted by Crippen LogP contribution is -2.61. The number of hydrogen-bond acceptors (Lipinski definition) is 5. The first-order chi connectivity index (χ1) is 19.8. The molecule has 0 aromatic heterocycles. The third kappa shape index (κ3) is 6.88. The molecule has 1 aliphatic heterocycles. The van der Waals surface area contributed by atoms with Gasteiger partial charge in [-0.15, -0.1) is 0 Å². The van der Waals surface area contributed by atoms with Crippen molar-refractivity contribution in [2.24, 2.45) is 23.2 Å². The van der Waals surface area contributed by atoms with Gasteiger partial charge in [0.2, 0.25) is 15.9 Å². The quantitative estimate of drug-likeness (QED) is 0.384. The van der Waals surface area contributed by atoms with Crippen LogP contribution in [0, 0.1) is 23.2 Å². The summed E-state index contributed by atoms with van der Waals surface area (Å²) in [6.45, 7) is 8.66. The van der Waals surface area contributed by atoms with Crippen molar-refractivity contribution >= 4 is 27.5 Å². The van der Waals surface area contributed by atoms with E-state index in [0.29, 0.717) is 36.1 Å². The van der Waals surface area contributed by atoms with Gasteiger partial charge in [0.05, 0.1) is 5.75 Å². The highest BCUT2D eigenvalue weighted by atomic mass is 35.5. The van der Waals surface area contributed by atoms with E-state index < -0.39 is 16.1 Å². The van der Waals surface area contributed by atoms with Gasteiger partial charge in [0.25, 0.3) is 0 Å². The Balaban J connectivity index is 1.22. The lowest BCUT2D eigenvalue weighted by atomic mass is 9.45. The smallest absolute Gasteiger partial charge is 0.238 e. The Kier molecular flexibility index (Phi) is 9.41. The lowest BCUT2D eigenvalue weighted by Gasteiger charge is -2.62. The average Bonchev–Trinajstić information content (AvgIpc) is 3.21. The molecule has 4 fully saturated rings. The maximum Gasteiger partial charge on any atom is 0.238 e. The second kappa shape index (κ2) is 12.6. The average molecular weight is 615 g/mol. The predicted molar refractivity (Wildman–Crippen MR) is 170 cm³/mol. The molecule has 1 heterocycles. The van der Waals surface area contributed by atoms with Gasteiger partial charge in [0.15, 0.2) is 0 Å². The van der Waals surface area contributed by atoms with E-state index in [0.717, 1.165) is 35.5 Å². The van der Waals surface area contributed by atoms with Gasteiger partial charge < -0.3 is 15.5 Å². The van der Waals surface area contributed by atoms with Crippen LogP contribution < -0.4 is 10.6 Å². The molecular formula is C33H47ClN4O3S. The van der Waals surface area contributed by atoms with Crippen LogP contribution in [0.5, 0.6) is 0 Å². The lowest BCUT2D eigenvalue weighted by molar-refractivity contribution is -0.136. The van der Waals surface area contributed by atoms with Crippen LogP contribution in [0.15, 0.2) is 48.5 Å². The van der Waals surface area contributed by atoms with Gasteiger partial charge in [0.1, 0.15) is 6.04 Å². The Morgan fingerprint density at radius 1 is 1.10 bits per heavy atom. The molecule has 42 heavy (non-hydrogen) atoms. The first kappa shape index (κ1) is 31.5. The van der Waals surface area contributed by atoms with Crippen molar-refractivity contribution in [2.45, 2.75) is 77.7 Å². The summed E-state index contributed by atoms with van der Waals surface area (Å²) in [5, 5.41) is 7.70. The number of fused-ring (bicyclic) bond motifs is 2. The first-order valence-corrected chi connectivity index (χ1v) is 17.3. The van der Waals surface area contributed by atoms with Crippen LogP contribution >= 0.6 is 11.6 Å². The maximum absolute atomic E-state index is 13.5. The van der Waals surface area contributed by atoms with E-state index in [9.17, 15) is 13.2 Å². The maximum atomic E-state index is 13.5. The highest BCUT2D eigenvalue weighted by molar-refractivity contribution is 7.89. The molecule has 3 aliphatic carbocycles. The zero-order chi connectivity index (χ0) is 30.2. The minimum absolute atomic E-state index is 0.0144. The second-order valence-electron chi connectivity index (χ2n) is 13.7. The van der Waals surface area contributed by atoms with Crippen molar-refractivity contribution in [1.82, 2.24) is 19.8 Å². The summed E-state index contributed by atoms with van der Waals surface area (Å²) >= 11 is 6.21. The molecular weight excluding hydrogens is 568 g/mol. The third-order valence-electron chi connectivity index (χ3n) is 10.2. The van der Waals surface area contributed by atoms with Crippen LogP contribution in [0.25, 0.3) is 0 Å². The van der Waals surface area contributed by atoms with E-state index in [-0.39, 0.29) is 30.3 Å². The van der Waals surface area contributed by atoms with Crippen LogP contribution in [-0.2, 0) is 34.3 Å². The number of likely N-dealkylation sites (N-methyl/N-ethyl adjacent to an activating group) is 1. The molecule has 0 spiro atoms. The highest BCUT2D eigenvalue weighted by Gasteiger charge is 2.56. The molecule has 6 atom stereocenters. The fraction of sp³-hybridized carbons (Fsp3) is 0.606. The van der Waals surface area contributed by atoms with Crippen LogP contribution in [-0.4, -0.2) is 68.0 Å². The van der Waals surface area contributed by atoms with Gasteiger partial charge in [-0.2, -0.15) is 4.31 Å². The summed E-state index contributed by atoms with van der Waals surface area (Å²) in [6.07, 6.45) is 3.41. The summed E-state index contributed by atoms with van der Waals surface area (Å²) in [7, 11) is 0.624. The molecule has 2 bridgehead atoms. The molecule has 2 N–H and O–H groups in total. The van der Waals surface area contributed by atoms with Crippen molar-refractivity contribution in [3.8, 4) is 0 Å².